The van der Waals surface area contributed by atoms with Gasteiger partial charge in [-0.15, -0.1) is 0 Å². The summed E-state index contributed by atoms with van der Waals surface area (Å²) in [6.45, 7) is 8.36. The van der Waals surface area contributed by atoms with Gasteiger partial charge in [-0.3, -0.25) is 9.69 Å². The van der Waals surface area contributed by atoms with Crippen molar-refractivity contribution in [3.8, 4) is 0 Å². The Morgan fingerprint density at radius 3 is 2.67 bits per heavy atom. The van der Waals surface area contributed by atoms with Crippen LogP contribution >= 0.6 is 0 Å². The quantitative estimate of drug-likeness (QED) is 0.628. The van der Waals surface area contributed by atoms with Gasteiger partial charge in [-0.2, -0.15) is 0 Å². The second-order valence-electron chi connectivity index (χ2n) is 4.23. The maximum atomic E-state index is 11.2. The molecule has 2 heteroatoms. The molecule has 1 aliphatic heterocycles. The molecule has 1 saturated heterocycles. The summed E-state index contributed by atoms with van der Waals surface area (Å²) in [5.41, 5.74) is 0.204. The van der Waals surface area contributed by atoms with E-state index < -0.39 is 0 Å². The first-order chi connectivity index (χ1) is 5.56. The number of hydrogen-bond donors (Lipinski definition) is 0. The zero-order valence-corrected chi connectivity index (χ0v) is 8.39. The first kappa shape index (κ1) is 9.72. The van der Waals surface area contributed by atoms with E-state index in [0.717, 1.165) is 25.8 Å². The van der Waals surface area contributed by atoms with Crippen molar-refractivity contribution in [3.05, 3.63) is 0 Å². The van der Waals surface area contributed by atoms with Gasteiger partial charge in [0.1, 0.15) is 5.78 Å². The van der Waals surface area contributed by atoms with Gasteiger partial charge in [0.25, 0.3) is 0 Å². The van der Waals surface area contributed by atoms with Crippen LogP contribution in [0.5, 0.6) is 0 Å². The molecule has 0 atom stereocenters. The number of piperidine rings is 1. The van der Waals surface area contributed by atoms with Gasteiger partial charge < -0.3 is 0 Å². The minimum Gasteiger partial charge on any atom is -0.298 e. The highest BCUT2D eigenvalue weighted by molar-refractivity contribution is 5.81. The van der Waals surface area contributed by atoms with E-state index >= 15 is 0 Å². The van der Waals surface area contributed by atoms with Gasteiger partial charge in [-0.25, -0.2) is 0 Å². The molecule has 0 amide bonds. The third-order valence-electron chi connectivity index (χ3n) is 2.97. The van der Waals surface area contributed by atoms with Gasteiger partial charge in [-0.05, 0) is 33.2 Å². The molecule has 1 rings (SSSR count). The molecular formula is C10H19NO. The van der Waals surface area contributed by atoms with Gasteiger partial charge in [0.05, 0.1) is 6.54 Å². The maximum Gasteiger partial charge on any atom is 0.146 e. The highest BCUT2D eigenvalue weighted by Gasteiger charge is 2.28. The summed E-state index contributed by atoms with van der Waals surface area (Å²) in [4.78, 5) is 13.5. The van der Waals surface area contributed by atoms with Crippen LogP contribution < -0.4 is 0 Å². The number of hydrogen-bond acceptors (Lipinski definition) is 2. The second-order valence-corrected chi connectivity index (χ2v) is 4.23. The van der Waals surface area contributed by atoms with Crippen molar-refractivity contribution >= 4 is 5.78 Å². The number of likely N-dealkylation sites (tertiary alicyclic amines) is 1. The number of rotatable bonds is 2. The fourth-order valence-electron chi connectivity index (χ4n) is 1.58. The topological polar surface area (TPSA) is 20.3 Å². The molecule has 2 nitrogen and oxygen atoms in total. The van der Waals surface area contributed by atoms with Crippen LogP contribution in [0.3, 0.4) is 0 Å². The highest BCUT2D eigenvalue weighted by atomic mass is 16.1. The molecular weight excluding hydrogens is 150 g/mol. The first-order valence-corrected chi connectivity index (χ1v) is 4.83. The van der Waals surface area contributed by atoms with Crippen molar-refractivity contribution in [1.82, 2.24) is 4.90 Å². The van der Waals surface area contributed by atoms with E-state index in [2.05, 4.69) is 25.7 Å². The Hall–Kier alpha value is -0.370. The summed E-state index contributed by atoms with van der Waals surface area (Å²) in [7, 11) is 0. The lowest BCUT2D eigenvalue weighted by Gasteiger charge is -2.39. The molecule has 0 N–H and O–H groups in total. The minimum absolute atomic E-state index is 0.204. The van der Waals surface area contributed by atoms with E-state index in [1.54, 1.807) is 0 Å². The highest BCUT2D eigenvalue weighted by Crippen LogP contribution is 2.21. The molecule has 0 aromatic heterocycles. The van der Waals surface area contributed by atoms with Crippen LogP contribution in [0.1, 0.15) is 40.0 Å². The van der Waals surface area contributed by atoms with Crippen LogP contribution in [0, 0.1) is 0 Å². The van der Waals surface area contributed by atoms with Crippen molar-refractivity contribution in [3.63, 3.8) is 0 Å². The third-order valence-corrected chi connectivity index (χ3v) is 2.97. The van der Waals surface area contributed by atoms with Crippen molar-refractivity contribution in [2.45, 2.75) is 45.6 Å². The Bertz CT molecular complexity index is 175. The Morgan fingerprint density at radius 1 is 1.50 bits per heavy atom. The van der Waals surface area contributed by atoms with Crippen LogP contribution in [0.2, 0.25) is 0 Å². The van der Waals surface area contributed by atoms with Crippen molar-refractivity contribution in [2.24, 2.45) is 0 Å². The normalized spacial score (nSPS) is 21.4. The van der Waals surface area contributed by atoms with E-state index in [1.807, 2.05) is 0 Å². The molecule has 0 aromatic carbocycles. The third kappa shape index (κ3) is 2.07. The molecule has 0 spiro atoms. The van der Waals surface area contributed by atoms with E-state index in [4.69, 9.17) is 0 Å². The monoisotopic (exact) mass is 169 g/mol. The molecule has 0 saturated carbocycles. The SMILES string of the molecule is CCC(C)(C)N1CCCC(=O)C1. The average Bonchev–Trinajstić information content (AvgIpc) is 2.05. The minimum atomic E-state index is 0.204. The average molecular weight is 169 g/mol. The molecule has 0 aromatic rings. The van der Waals surface area contributed by atoms with E-state index in [9.17, 15) is 4.79 Å². The largest absolute Gasteiger partial charge is 0.298 e. The van der Waals surface area contributed by atoms with Crippen LogP contribution in [0.25, 0.3) is 0 Å². The molecule has 1 heterocycles. The van der Waals surface area contributed by atoms with Gasteiger partial charge in [0.15, 0.2) is 0 Å². The van der Waals surface area contributed by atoms with Gasteiger partial charge >= 0.3 is 0 Å². The molecule has 12 heavy (non-hydrogen) atoms. The summed E-state index contributed by atoms with van der Waals surface area (Å²) in [5, 5.41) is 0. The van der Waals surface area contributed by atoms with Crippen molar-refractivity contribution < 1.29 is 4.79 Å². The zero-order valence-electron chi connectivity index (χ0n) is 8.39. The van der Waals surface area contributed by atoms with E-state index in [-0.39, 0.29) is 5.54 Å². The smallest absolute Gasteiger partial charge is 0.146 e. The van der Waals surface area contributed by atoms with Gasteiger partial charge in [0, 0.05) is 12.0 Å². The summed E-state index contributed by atoms with van der Waals surface area (Å²) in [6.07, 6.45) is 2.94. The van der Waals surface area contributed by atoms with Gasteiger partial charge in [0.2, 0.25) is 0 Å². The first-order valence-electron chi connectivity index (χ1n) is 4.83. The van der Waals surface area contributed by atoms with E-state index in [0.29, 0.717) is 12.3 Å². The van der Waals surface area contributed by atoms with Gasteiger partial charge in [-0.1, -0.05) is 6.92 Å². The molecule has 0 radical (unpaired) electrons. The molecule has 0 unspecified atom stereocenters. The number of carbonyl (C=O) groups is 1. The standard InChI is InChI=1S/C10H19NO/c1-4-10(2,3)11-7-5-6-9(12)8-11/h4-8H2,1-3H3. The number of carbonyl (C=O) groups excluding carboxylic acids is 1. The summed E-state index contributed by atoms with van der Waals surface area (Å²) < 4.78 is 0. The van der Waals surface area contributed by atoms with Crippen LogP contribution in [0.4, 0.5) is 0 Å². The Kier molecular flexibility index (Phi) is 2.89. The van der Waals surface area contributed by atoms with E-state index in [1.165, 1.54) is 0 Å². The molecule has 0 aliphatic carbocycles. The lowest BCUT2D eigenvalue weighted by molar-refractivity contribution is -0.124. The lowest BCUT2D eigenvalue weighted by Crippen LogP contribution is -2.48. The van der Waals surface area contributed by atoms with Crippen LogP contribution in [-0.2, 0) is 4.79 Å². The summed E-state index contributed by atoms with van der Waals surface area (Å²) >= 11 is 0. The lowest BCUT2D eigenvalue weighted by atomic mass is 9.96. The van der Waals surface area contributed by atoms with Crippen LogP contribution in [-0.4, -0.2) is 29.3 Å². The number of nitrogens with zero attached hydrogens (tertiary/aromatic N) is 1. The molecule has 0 bridgehead atoms. The van der Waals surface area contributed by atoms with Crippen molar-refractivity contribution in [1.29, 1.82) is 0 Å². The molecule has 70 valence electrons. The molecule has 1 fully saturated rings. The maximum absolute atomic E-state index is 11.2. The number of ketones is 1. The Labute approximate surface area is 74.9 Å². The second kappa shape index (κ2) is 3.56. The zero-order chi connectivity index (χ0) is 9.19. The van der Waals surface area contributed by atoms with Crippen molar-refractivity contribution in [2.75, 3.05) is 13.1 Å². The number of Topliss-reactive ketones (excluding diaryl/α,β-unsaturated/α-hetero) is 1. The summed E-state index contributed by atoms with van der Waals surface area (Å²) in [5.74, 6) is 0.405. The predicted molar refractivity (Wildman–Crippen MR) is 50.2 cm³/mol. The fourth-order valence-corrected chi connectivity index (χ4v) is 1.58. The Balaban J connectivity index is 2.56. The Morgan fingerprint density at radius 2 is 2.17 bits per heavy atom. The van der Waals surface area contributed by atoms with Crippen LogP contribution in [0.15, 0.2) is 0 Å². The molecule has 1 aliphatic rings. The fraction of sp³-hybridized carbons (Fsp3) is 0.900. The summed E-state index contributed by atoms with van der Waals surface area (Å²) in [6, 6.07) is 0. The predicted octanol–water partition coefficient (Wildman–Crippen LogP) is 1.84.